The van der Waals surface area contributed by atoms with Gasteiger partial charge in [0.05, 0.1) is 30.2 Å². The number of piperidine rings is 1. The van der Waals surface area contributed by atoms with Crippen molar-refractivity contribution >= 4 is 35.4 Å². The third-order valence-electron chi connectivity index (χ3n) is 15.6. The molecule has 0 radical (unpaired) electrons. The molecule has 2 fully saturated rings. The molecule has 1 N–H and O–H groups in total. The van der Waals surface area contributed by atoms with E-state index in [0.717, 1.165) is 27.8 Å². The van der Waals surface area contributed by atoms with Crippen LogP contribution in [0.15, 0.2) is 152 Å². The number of hydroxylamine groups is 2. The van der Waals surface area contributed by atoms with Crippen LogP contribution in [0.3, 0.4) is 0 Å². The van der Waals surface area contributed by atoms with Crippen LogP contribution in [0.5, 0.6) is 0 Å². The lowest BCUT2D eigenvalue weighted by molar-refractivity contribution is -0.251. The van der Waals surface area contributed by atoms with E-state index in [2.05, 4.69) is 0 Å². The maximum absolute atomic E-state index is 15.6. The number of carbonyl (C=O) groups is 6. The Kier molecular flexibility index (Phi) is 17.8. The Morgan fingerprint density at radius 3 is 0.773 bits per heavy atom. The van der Waals surface area contributed by atoms with Crippen molar-refractivity contribution in [3.05, 3.63) is 179 Å². The van der Waals surface area contributed by atoms with Gasteiger partial charge in [-0.05, 0) is 103 Å². The van der Waals surface area contributed by atoms with Crippen molar-refractivity contribution < 1.29 is 34.0 Å². The Balaban J connectivity index is 1.42. The second kappa shape index (κ2) is 24.0. The summed E-state index contributed by atoms with van der Waals surface area (Å²) in [5.41, 5.74) is 2.06. The first kappa shape index (κ1) is 55.6. The van der Waals surface area contributed by atoms with Crippen LogP contribution in [-0.2, 0) is 28.8 Å². The number of benzene rings is 5. The van der Waals surface area contributed by atoms with Gasteiger partial charge in [-0.1, -0.05) is 152 Å². The Morgan fingerprint density at radius 1 is 0.347 bits per heavy atom. The van der Waals surface area contributed by atoms with E-state index < -0.39 is 122 Å². The molecule has 0 spiro atoms. The van der Waals surface area contributed by atoms with Crippen molar-refractivity contribution in [3.63, 3.8) is 0 Å². The van der Waals surface area contributed by atoms with Crippen LogP contribution in [0.1, 0.15) is 133 Å². The van der Waals surface area contributed by atoms with Crippen LogP contribution in [0.25, 0.3) is 0 Å². The molecule has 0 unspecified atom stereocenters. The van der Waals surface area contributed by atoms with Gasteiger partial charge in [-0.3, -0.25) is 28.8 Å². The lowest BCUT2D eigenvalue weighted by Crippen LogP contribution is -2.65. The summed E-state index contributed by atoms with van der Waals surface area (Å²) >= 11 is 0. The standard InChI is InChI=1S/C61H75N7O7/c1-43(48-25-15-10-16-26-48)62-37-55(70)64(45(3)50-29-19-12-20-30-50)39-57(72)66(47(5)52-33-23-14-24-34-52)41-59(74)67(53-35-60(6,7)68(75)61(8,9)36-53)42-58(73)65(46(4)51-31-21-13-22-32-51)40-56(71)63(38-54(62)69)44(2)49-27-17-11-18-28-49/h10-34,43-47,53,75H,35-42H2,1-9H3/t43-,44-,45-,46-,47-/m0/s1. The Labute approximate surface area is 443 Å². The quantitative estimate of drug-likeness (QED) is 0.138. The summed E-state index contributed by atoms with van der Waals surface area (Å²) in [5.74, 6) is -3.09. The molecule has 14 heteroatoms. The normalized spacial score (nSPS) is 20.3. The van der Waals surface area contributed by atoms with Crippen LogP contribution in [0, 0.1) is 0 Å². The Bertz CT molecular complexity index is 2640. The molecule has 0 saturated carbocycles. The third-order valence-corrected chi connectivity index (χ3v) is 15.6. The fourth-order valence-electron chi connectivity index (χ4n) is 11.0. The van der Waals surface area contributed by atoms with E-state index in [4.69, 9.17) is 0 Å². The molecule has 5 aromatic carbocycles. The second-order valence-electron chi connectivity index (χ2n) is 21.6. The molecule has 0 aromatic heterocycles. The van der Waals surface area contributed by atoms with Crippen molar-refractivity contribution in [3.8, 4) is 0 Å². The first-order chi connectivity index (χ1) is 35.7. The van der Waals surface area contributed by atoms with E-state index in [9.17, 15) is 5.21 Å². The minimum atomic E-state index is -0.845. The highest BCUT2D eigenvalue weighted by molar-refractivity contribution is 5.94. The van der Waals surface area contributed by atoms with Gasteiger partial charge in [0.25, 0.3) is 0 Å². The molecule has 5 atom stereocenters. The highest BCUT2D eigenvalue weighted by atomic mass is 16.5. The Hall–Kier alpha value is -7.16. The van der Waals surface area contributed by atoms with Crippen LogP contribution in [0.2, 0.25) is 0 Å². The average Bonchev–Trinajstić information content (AvgIpc) is 3.42. The van der Waals surface area contributed by atoms with Crippen LogP contribution in [0.4, 0.5) is 0 Å². The van der Waals surface area contributed by atoms with E-state index in [0.29, 0.717) is 0 Å². The molecule has 14 nitrogen and oxygen atoms in total. The molecule has 2 saturated heterocycles. The molecule has 7 rings (SSSR count). The molecule has 75 heavy (non-hydrogen) atoms. The zero-order valence-electron chi connectivity index (χ0n) is 45.1. The van der Waals surface area contributed by atoms with Gasteiger partial charge in [0.15, 0.2) is 0 Å². The predicted octanol–water partition coefficient (Wildman–Crippen LogP) is 9.19. The zero-order chi connectivity index (χ0) is 54.2. The van der Waals surface area contributed by atoms with Crippen molar-refractivity contribution in [2.75, 3.05) is 39.3 Å². The summed E-state index contributed by atoms with van der Waals surface area (Å²) in [4.78, 5) is 102. The first-order valence-corrected chi connectivity index (χ1v) is 26.2. The van der Waals surface area contributed by atoms with Gasteiger partial charge in [0, 0.05) is 17.1 Å². The van der Waals surface area contributed by atoms with Gasteiger partial charge in [-0.15, -0.1) is 0 Å². The third kappa shape index (κ3) is 13.0. The van der Waals surface area contributed by atoms with E-state index >= 15 is 28.8 Å². The summed E-state index contributed by atoms with van der Waals surface area (Å²) in [6, 6.07) is 42.7. The summed E-state index contributed by atoms with van der Waals surface area (Å²) in [6.45, 7) is 14.0. The van der Waals surface area contributed by atoms with Crippen LogP contribution >= 0.6 is 0 Å². The second-order valence-corrected chi connectivity index (χ2v) is 21.6. The monoisotopic (exact) mass is 1020 g/mol. The number of hydrogen-bond acceptors (Lipinski definition) is 8. The van der Waals surface area contributed by atoms with Crippen molar-refractivity contribution in [1.82, 2.24) is 34.5 Å². The number of nitrogens with zero attached hydrogens (tertiary/aromatic N) is 7. The summed E-state index contributed by atoms with van der Waals surface area (Å²) < 4.78 is 0. The minimum Gasteiger partial charge on any atom is -0.329 e. The Morgan fingerprint density at radius 2 is 0.547 bits per heavy atom. The van der Waals surface area contributed by atoms with Gasteiger partial charge in [0.2, 0.25) is 35.4 Å². The number of amides is 6. The lowest BCUT2D eigenvalue weighted by Gasteiger charge is -2.53. The average molecular weight is 1020 g/mol. The molecular formula is C61H75N7O7. The van der Waals surface area contributed by atoms with Gasteiger partial charge >= 0.3 is 0 Å². The maximum atomic E-state index is 15.6. The molecule has 396 valence electrons. The molecule has 0 bridgehead atoms. The van der Waals surface area contributed by atoms with Crippen molar-refractivity contribution in [2.45, 2.75) is 122 Å². The summed E-state index contributed by atoms with van der Waals surface area (Å²) in [7, 11) is 0. The minimum absolute atomic E-state index is 0.278. The predicted molar refractivity (Wildman–Crippen MR) is 289 cm³/mol. The fraction of sp³-hybridized carbons (Fsp3) is 0.410. The van der Waals surface area contributed by atoms with Gasteiger partial charge in [-0.2, -0.15) is 5.06 Å². The van der Waals surface area contributed by atoms with Crippen molar-refractivity contribution in [2.24, 2.45) is 0 Å². The van der Waals surface area contributed by atoms with E-state index in [1.807, 2.05) is 214 Å². The number of rotatable bonds is 11. The van der Waals surface area contributed by atoms with Gasteiger partial charge in [-0.25, -0.2) is 0 Å². The highest BCUT2D eigenvalue weighted by Crippen LogP contribution is 2.39. The molecule has 2 heterocycles. The van der Waals surface area contributed by atoms with Crippen molar-refractivity contribution in [1.29, 1.82) is 0 Å². The molecule has 0 aliphatic carbocycles. The van der Waals surface area contributed by atoms with E-state index in [-0.39, 0.29) is 12.8 Å². The first-order valence-electron chi connectivity index (χ1n) is 26.2. The molecular weight excluding hydrogens is 943 g/mol. The lowest BCUT2D eigenvalue weighted by atomic mass is 9.78. The smallest absolute Gasteiger partial charge is 0.243 e. The molecule has 2 aliphatic rings. The number of hydrogen-bond donors (Lipinski definition) is 1. The molecule has 5 aromatic rings. The van der Waals surface area contributed by atoms with E-state index in [1.54, 1.807) is 0 Å². The van der Waals surface area contributed by atoms with E-state index in [1.165, 1.54) is 34.5 Å². The van der Waals surface area contributed by atoms with Crippen LogP contribution < -0.4 is 0 Å². The fourth-order valence-corrected chi connectivity index (χ4v) is 11.0. The number of carbonyl (C=O) groups excluding carboxylic acids is 6. The highest BCUT2D eigenvalue weighted by Gasteiger charge is 2.48. The maximum Gasteiger partial charge on any atom is 0.243 e. The summed E-state index contributed by atoms with van der Waals surface area (Å²) in [5, 5.41) is 12.8. The van der Waals surface area contributed by atoms with Gasteiger partial charge in [0.1, 0.15) is 39.3 Å². The molecule has 6 amide bonds. The topological polar surface area (TPSA) is 145 Å². The zero-order valence-corrected chi connectivity index (χ0v) is 45.1. The largest absolute Gasteiger partial charge is 0.329 e. The van der Waals surface area contributed by atoms with Gasteiger partial charge < -0.3 is 34.6 Å². The van der Waals surface area contributed by atoms with Crippen LogP contribution in [-0.4, -0.2) is 132 Å². The molecule has 2 aliphatic heterocycles. The SMILES string of the molecule is C[C@@H](c1ccccc1)N1CC(=O)N(C2CC(C)(C)N(O)C(C)(C)C2)CC(=O)N([C@@H](C)c2ccccc2)CC(=O)N([C@@H](C)c2ccccc2)CC(=O)N([C@@H](C)c2ccccc2)CC(=O)N([C@@H](C)c2ccccc2)CC1=O. The summed E-state index contributed by atoms with van der Waals surface area (Å²) in [6.07, 6.45) is 0.557.